The van der Waals surface area contributed by atoms with Gasteiger partial charge in [0.05, 0.1) is 23.2 Å². The lowest BCUT2D eigenvalue weighted by molar-refractivity contribution is -0.118. The summed E-state index contributed by atoms with van der Waals surface area (Å²) in [6.45, 7) is 4.18. The number of hydrogen-bond donors (Lipinski definition) is 1. The lowest BCUT2D eigenvalue weighted by atomic mass is 10.2. The highest BCUT2D eigenvalue weighted by Gasteiger charge is 2.16. The van der Waals surface area contributed by atoms with E-state index in [0.29, 0.717) is 16.1 Å². The van der Waals surface area contributed by atoms with Gasteiger partial charge < -0.3 is 5.32 Å². The Labute approximate surface area is 139 Å². The van der Waals surface area contributed by atoms with Crippen LogP contribution in [0.2, 0.25) is 0 Å². The van der Waals surface area contributed by atoms with Crippen molar-refractivity contribution in [1.82, 2.24) is 14.9 Å². The number of hydrogen-bond acceptors (Lipinski definition) is 4. The number of nitrogens with one attached hydrogen (secondary N) is 1. The highest BCUT2D eigenvalue weighted by atomic mass is 32.2. The van der Waals surface area contributed by atoms with E-state index in [1.807, 2.05) is 26.0 Å². The number of fused-ring (bicyclic) bond motifs is 1. The maximum atomic E-state index is 12.7. The second kappa shape index (κ2) is 7.84. The van der Waals surface area contributed by atoms with E-state index >= 15 is 0 Å². The zero-order valence-electron chi connectivity index (χ0n) is 13.2. The van der Waals surface area contributed by atoms with Gasteiger partial charge in [-0.2, -0.15) is 0 Å². The van der Waals surface area contributed by atoms with E-state index < -0.39 is 0 Å². The van der Waals surface area contributed by atoms with Crippen LogP contribution in [-0.2, 0) is 4.79 Å². The molecule has 6 heteroatoms. The Bertz CT molecular complexity index is 808. The zero-order valence-corrected chi connectivity index (χ0v) is 14.0. The number of thioether (sulfide) groups is 1. The molecule has 1 heterocycles. The molecular formula is C17H19N3O2S. The lowest BCUT2D eigenvalue weighted by Gasteiger charge is -2.18. The van der Waals surface area contributed by atoms with E-state index in [1.165, 1.54) is 11.8 Å². The topological polar surface area (TPSA) is 64.0 Å². The Morgan fingerprint density at radius 2 is 2.22 bits per heavy atom. The summed E-state index contributed by atoms with van der Waals surface area (Å²) in [5.41, 5.74) is 0.570. The van der Waals surface area contributed by atoms with Crippen LogP contribution in [0, 0.1) is 12.3 Å². The molecule has 5 nitrogen and oxygen atoms in total. The minimum Gasteiger partial charge on any atom is -0.344 e. The number of nitrogens with zero attached hydrogens (tertiary/aromatic N) is 2. The fraction of sp³-hybridized carbons (Fsp3) is 0.353. The first-order valence-electron chi connectivity index (χ1n) is 7.42. The first kappa shape index (κ1) is 17.1. The van der Waals surface area contributed by atoms with Gasteiger partial charge in [0.1, 0.15) is 0 Å². The molecule has 1 aromatic heterocycles. The number of benzene rings is 1. The summed E-state index contributed by atoms with van der Waals surface area (Å²) < 4.78 is 1.67. The second-order valence-electron chi connectivity index (χ2n) is 5.11. The van der Waals surface area contributed by atoms with Crippen LogP contribution in [-0.4, -0.2) is 27.8 Å². The third-order valence-corrected chi connectivity index (χ3v) is 4.48. The first-order valence-corrected chi connectivity index (χ1v) is 8.41. The third kappa shape index (κ3) is 3.93. The molecule has 1 amide bonds. The normalized spacial score (nSPS) is 11.9. The first-order chi connectivity index (χ1) is 11.1. The largest absolute Gasteiger partial charge is 0.344 e. The van der Waals surface area contributed by atoms with E-state index in [4.69, 9.17) is 6.42 Å². The van der Waals surface area contributed by atoms with E-state index in [-0.39, 0.29) is 29.8 Å². The maximum absolute atomic E-state index is 12.7. The van der Waals surface area contributed by atoms with Crippen molar-refractivity contribution in [3.05, 3.63) is 34.6 Å². The number of aromatic nitrogens is 2. The van der Waals surface area contributed by atoms with Gasteiger partial charge in [0, 0.05) is 6.04 Å². The van der Waals surface area contributed by atoms with Gasteiger partial charge >= 0.3 is 0 Å². The number of rotatable bonds is 6. The van der Waals surface area contributed by atoms with E-state index in [0.717, 1.165) is 6.42 Å². The molecule has 0 saturated heterocycles. The second-order valence-corrected chi connectivity index (χ2v) is 6.06. The standard InChI is InChI=1S/C17H19N3O2S/c1-4-10-18-15(21)11-23-17-19-14-9-7-6-8-13(14)16(22)20(17)12(3)5-2/h1,6-9,12H,5,10-11H2,2-3H3,(H,18,21)/t12-/m0/s1. The van der Waals surface area contributed by atoms with Gasteiger partial charge in [-0.05, 0) is 25.5 Å². The van der Waals surface area contributed by atoms with Crippen LogP contribution in [0.1, 0.15) is 26.3 Å². The summed E-state index contributed by atoms with van der Waals surface area (Å²) in [4.78, 5) is 29.0. The van der Waals surface area contributed by atoms with Crippen molar-refractivity contribution in [2.75, 3.05) is 12.3 Å². The Balaban J connectivity index is 2.39. The van der Waals surface area contributed by atoms with Crippen LogP contribution in [0.3, 0.4) is 0 Å². The van der Waals surface area contributed by atoms with Crippen LogP contribution in [0.25, 0.3) is 10.9 Å². The van der Waals surface area contributed by atoms with Crippen LogP contribution in [0.4, 0.5) is 0 Å². The average molecular weight is 329 g/mol. The number of terminal acetylenes is 1. The monoisotopic (exact) mass is 329 g/mol. The Hall–Kier alpha value is -2.26. The third-order valence-electron chi connectivity index (χ3n) is 3.53. The van der Waals surface area contributed by atoms with Gasteiger partial charge in [-0.1, -0.05) is 36.7 Å². The summed E-state index contributed by atoms with van der Waals surface area (Å²) in [6, 6.07) is 7.26. The SMILES string of the molecule is C#CCNC(=O)CSc1nc2ccccc2c(=O)n1[C@@H](C)CC. The van der Waals surface area contributed by atoms with Gasteiger partial charge in [-0.3, -0.25) is 14.2 Å². The molecule has 0 radical (unpaired) electrons. The molecule has 2 rings (SSSR count). The van der Waals surface area contributed by atoms with E-state index in [2.05, 4.69) is 16.2 Å². The molecule has 0 aliphatic heterocycles. The minimum atomic E-state index is -0.175. The molecule has 1 atom stereocenters. The Kier molecular flexibility index (Phi) is 5.83. The fourth-order valence-corrected chi connectivity index (χ4v) is 3.06. The predicted octanol–water partition coefficient (Wildman–Crippen LogP) is 2.21. The van der Waals surface area contributed by atoms with Gasteiger partial charge in [0.15, 0.2) is 5.16 Å². The summed E-state index contributed by atoms with van der Waals surface area (Å²) in [5, 5.41) is 3.75. The molecule has 2 aromatic rings. The van der Waals surface area contributed by atoms with Crippen LogP contribution >= 0.6 is 11.8 Å². The van der Waals surface area contributed by atoms with Crippen molar-refractivity contribution < 1.29 is 4.79 Å². The van der Waals surface area contributed by atoms with Crippen LogP contribution in [0.15, 0.2) is 34.2 Å². The predicted molar refractivity (Wildman–Crippen MR) is 93.6 cm³/mol. The summed E-state index contributed by atoms with van der Waals surface area (Å²) in [5.74, 6) is 2.35. The molecule has 0 aliphatic rings. The van der Waals surface area contributed by atoms with Crippen LogP contribution in [0.5, 0.6) is 0 Å². The van der Waals surface area contributed by atoms with Crippen molar-refractivity contribution >= 4 is 28.6 Å². The molecule has 0 unspecified atom stereocenters. The molecule has 23 heavy (non-hydrogen) atoms. The molecule has 120 valence electrons. The van der Waals surface area contributed by atoms with Crippen molar-refractivity contribution in [2.24, 2.45) is 0 Å². The van der Waals surface area contributed by atoms with Crippen molar-refractivity contribution in [3.8, 4) is 12.3 Å². The van der Waals surface area contributed by atoms with Gasteiger partial charge in [0.2, 0.25) is 5.91 Å². The minimum absolute atomic E-state index is 0.0101. The van der Waals surface area contributed by atoms with E-state index in [9.17, 15) is 9.59 Å². The summed E-state index contributed by atoms with van der Waals surface area (Å²) in [7, 11) is 0. The van der Waals surface area contributed by atoms with Crippen molar-refractivity contribution in [1.29, 1.82) is 0 Å². The van der Waals surface area contributed by atoms with Gasteiger partial charge in [-0.15, -0.1) is 6.42 Å². The maximum Gasteiger partial charge on any atom is 0.262 e. The molecule has 1 N–H and O–H groups in total. The molecule has 0 saturated carbocycles. The number of carbonyl (C=O) groups excluding carboxylic acids is 1. The van der Waals surface area contributed by atoms with E-state index in [1.54, 1.807) is 16.7 Å². The smallest absolute Gasteiger partial charge is 0.262 e. The summed E-state index contributed by atoms with van der Waals surface area (Å²) >= 11 is 1.25. The van der Waals surface area contributed by atoms with Crippen LogP contribution < -0.4 is 10.9 Å². The average Bonchev–Trinajstić information content (AvgIpc) is 2.57. The number of para-hydroxylation sites is 1. The highest BCUT2D eigenvalue weighted by Crippen LogP contribution is 2.22. The highest BCUT2D eigenvalue weighted by molar-refractivity contribution is 7.99. The van der Waals surface area contributed by atoms with Crippen molar-refractivity contribution in [2.45, 2.75) is 31.5 Å². The molecular weight excluding hydrogens is 310 g/mol. The Morgan fingerprint density at radius 1 is 1.48 bits per heavy atom. The molecule has 1 aromatic carbocycles. The lowest BCUT2D eigenvalue weighted by Crippen LogP contribution is -2.28. The zero-order chi connectivity index (χ0) is 16.8. The number of carbonyl (C=O) groups is 1. The fourth-order valence-electron chi connectivity index (χ4n) is 2.13. The Morgan fingerprint density at radius 3 is 2.91 bits per heavy atom. The number of amides is 1. The molecule has 0 aliphatic carbocycles. The van der Waals surface area contributed by atoms with Crippen molar-refractivity contribution in [3.63, 3.8) is 0 Å². The quantitative estimate of drug-likeness (QED) is 0.501. The molecule has 0 fully saturated rings. The van der Waals surface area contributed by atoms with Gasteiger partial charge in [0.25, 0.3) is 5.56 Å². The van der Waals surface area contributed by atoms with Gasteiger partial charge in [-0.25, -0.2) is 4.98 Å². The molecule has 0 bridgehead atoms. The summed E-state index contributed by atoms with van der Waals surface area (Å²) in [6.07, 6.45) is 5.92. The molecule has 0 spiro atoms.